The van der Waals surface area contributed by atoms with Crippen LogP contribution in [0.4, 0.5) is 4.39 Å². The van der Waals surface area contributed by atoms with Crippen LogP contribution in [-0.4, -0.2) is 65.6 Å². The number of likely N-dealkylation sites (tertiary alicyclic amines) is 1. The van der Waals surface area contributed by atoms with Crippen LogP contribution < -0.4 is 5.32 Å². The maximum atomic E-state index is 13.9. The molecule has 2 amide bonds. The van der Waals surface area contributed by atoms with Crippen LogP contribution in [0.2, 0.25) is 0 Å². The first kappa shape index (κ1) is 26.9. The lowest BCUT2D eigenvalue weighted by Gasteiger charge is -2.34. The molecule has 2 fully saturated rings. The van der Waals surface area contributed by atoms with E-state index in [-0.39, 0.29) is 36.4 Å². The molecule has 0 spiro atoms. The molecule has 11 nitrogen and oxygen atoms in total. The first-order valence-electron chi connectivity index (χ1n) is 13.2. The Balaban J connectivity index is 1.31. The Morgan fingerprint density at radius 3 is 2.67 bits per heavy atom. The lowest BCUT2D eigenvalue weighted by Crippen LogP contribution is -2.50. The van der Waals surface area contributed by atoms with Crippen LogP contribution in [0.3, 0.4) is 0 Å². The number of β-amino-alcohol motifs (C(OH)–C–C–N with tert-alkyl or cyclic N) is 1. The van der Waals surface area contributed by atoms with Gasteiger partial charge in [0.1, 0.15) is 23.9 Å². The van der Waals surface area contributed by atoms with E-state index in [4.69, 9.17) is 4.52 Å². The summed E-state index contributed by atoms with van der Waals surface area (Å²) in [7, 11) is 0. The minimum absolute atomic E-state index is 0.0384. The Labute approximate surface area is 225 Å². The summed E-state index contributed by atoms with van der Waals surface area (Å²) in [6.45, 7) is 9.19. The maximum absolute atomic E-state index is 13.9. The van der Waals surface area contributed by atoms with Crippen LogP contribution in [-0.2, 0) is 9.59 Å². The van der Waals surface area contributed by atoms with Crippen molar-refractivity contribution in [1.82, 2.24) is 35.4 Å². The van der Waals surface area contributed by atoms with Gasteiger partial charge in [-0.05, 0) is 55.9 Å². The third kappa shape index (κ3) is 5.56. The zero-order valence-corrected chi connectivity index (χ0v) is 22.8. The third-order valence-electron chi connectivity index (χ3n) is 7.29. The molecule has 3 aromatic rings. The molecule has 1 saturated heterocycles. The molecule has 1 saturated carbocycles. The van der Waals surface area contributed by atoms with Gasteiger partial charge in [-0.3, -0.25) is 9.59 Å². The SMILES string of the molecule is Cc1cc(-c2noc(C(C)NC(=O)C3CC(O)CN3C(=O)[C@@H](n3cc(C4CC4)nn3)C(C)(C)C)n2)ccc1F. The number of carbonyl (C=O) groups excluding carboxylic acids is 2. The van der Waals surface area contributed by atoms with Gasteiger partial charge >= 0.3 is 0 Å². The van der Waals surface area contributed by atoms with Gasteiger partial charge in [-0.15, -0.1) is 5.10 Å². The fourth-order valence-electron chi connectivity index (χ4n) is 5.01. The number of aromatic nitrogens is 5. The van der Waals surface area contributed by atoms with E-state index < -0.39 is 35.6 Å². The normalized spacial score (nSPS) is 21.2. The fraction of sp³-hybridized carbons (Fsp3) is 0.556. The van der Waals surface area contributed by atoms with Crippen molar-refractivity contribution in [2.24, 2.45) is 5.41 Å². The summed E-state index contributed by atoms with van der Waals surface area (Å²) < 4.78 is 20.6. The molecule has 5 rings (SSSR count). The summed E-state index contributed by atoms with van der Waals surface area (Å²) in [5.41, 5.74) is 1.39. The Morgan fingerprint density at radius 1 is 1.26 bits per heavy atom. The molecular weight excluding hydrogens is 505 g/mol. The van der Waals surface area contributed by atoms with Crippen molar-refractivity contribution in [3.63, 3.8) is 0 Å². The molecule has 39 heavy (non-hydrogen) atoms. The van der Waals surface area contributed by atoms with Crippen LogP contribution >= 0.6 is 0 Å². The van der Waals surface area contributed by atoms with Gasteiger partial charge in [0.15, 0.2) is 0 Å². The van der Waals surface area contributed by atoms with E-state index in [1.165, 1.54) is 11.0 Å². The molecule has 12 heteroatoms. The van der Waals surface area contributed by atoms with Gasteiger partial charge in [0.2, 0.25) is 23.5 Å². The summed E-state index contributed by atoms with van der Waals surface area (Å²) >= 11 is 0. The van der Waals surface area contributed by atoms with Crippen LogP contribution in [0, 0.1) is 18.2 Å². The van der Waals surface area contributed by atoms with Gasteiger partial charge in [-0.2, -0.15) is 4.98 Å². The highest BCUT2D eigenvalue weighted by molar-refractivity contribution is 5.90. The van der Waals surface area contributed by atoms with E-state index in [1.807, 2.05) is 27.0 Å². The first-order valence-corrected chi connectivity index (χ1v) is 13.2. The molecule has 0 bridgehead atoms. The fourth-order valence-corrected chi connectivity index (χ4v) is 5.01. The maximum Gasteiger partial charge on any atom is 0.249 e. The van der Waals surface area contributed by atoms with Crippen molar-refractivity contribution in [2.45, 2.75) is 84.0 Å². The van der Waals surface area contributed by atoms with E-state index in [0.717, 1.165) is 18.5 Å². The molecule has 1 aromatic carbocycles. The van der Waals surface area contributed by atoms with Crippen LogP contribution in [0.15, 0.2) is 28.9 Å². The summed E-state index contributed by atoms with van der Waals surface area (Å²) in [5.74, 6) is -0.240. The first-order chi connectivity index (χ1) is 18.4. The summed E-state index contributed by atoms with van der Waals surface area (Å²) in [6, 6.07) is 2.26. The molecule has 4 atom stereocenters. The molecule has 3 unspecified atom stereocenters. The number of amides is 2. The molecule has 2 aromatic heterocycles. The van der Waals surface area contributed by atoms with E-state index in [1.54, 1.807) is 30.7 Å². The standard InChI is InChI=1S/C27H34FN7O4/c1-14-10-17(8-9-19(14)28)23-30-25(39-32-23)15(2)29-24(37)21-11-18(36)12-34(21)26(38)22(27(3,4)5)35-13-20(31-33-35)16-6-7-16/h8-10,13,15-16,18,21-22,36H,6-7,11-12H2,1-5H3,(H,29,37)/t15?,18?,21?,22-/m1/s1. The van der Waals surface area contributed by atoms with Crippen LogP contribution in [0.1, 0.15) is 82.1 Å². The second-order valence-corrected chi connectivity index (χ2v) is 11.7. The Hall–Kier alpha value is -3.67. The van der Waals surface area contributed by atoms with E-state index in [2.05, 4.69) is 25.8 Å². The van der Waals surface area contributed by atoms with Gasteiger partial charge in [-0.25, -0.2) is 9.07 Å². The lowest BCUT2D eigenvalue weighted by molar-refractivity contribution is -0.144. The summed E-state index contributed by atoms with van der Waals surface area (Å²) in [5, 5.41) is 25.8. The van der Waals surface area contributed by atoms with Crippen LogP contribution in [0.5, 0.6) is 0 Å². The number of nitrogens with zero attached hydrogens (tertiary/aromatic N) is 6. The van der Waals surface area contributed by atoms with Crippen molar-refractivity contribution in [2.75, 3.05) is 6.54 Å². The Bertz CT molecular complexity index is 1380. The highest BCUT2D eigenvalue weighted by Gasteiger charge is 2.45. The number of aryl methyl sites for hydroxylation is 1. The molecule has 2 N–H and O–H groups in total. The topological polar surface area (TPSA) is 139 Å². The van der Waals surface area contributed by atoms with Gasteiger partial charge in [0.25, 0.3) is 0 Å². The van der Waals surface area contributed by atoms with Crippen molar-refractivity contribution in [3.05, 3.63) is 47.4 Å². The average molecular weight is 540 g/mol. The highest BCUT2D eigenvalue weighted by atomic mass is 19.1. The third-order valence-corrected chi connectivity index (χ3v) is 7.29. The molecule has 2 aliphatic rings. The number of carbonyl (C=O) groups is 2. The zero-order chi connectivity index (χ0) is 28.1. The van der Waals surface area contributed by atoms with Gasteiger partial charge in [0, 0.05) is 30.6 Å². The number of aliphatic hydroxyl groups excluding tert-OH is 1. The minimum Gasteiger partial charge on any atom is -0.391 e. The van der Waals surface area contributed by atoms with Crippen molar-refractivity contribution < 1.29 is 23.6 Å². The number of nitrogens with one attached hydrogen (secondary N) is 1. The second kappa shape index (κ2) is 10.1. The Kier molecular flexibility index (Phi) is 7.00. The van der Waals surface area contributed by atoms with Gasteiger partial charge in [0.05, 0.1) is 11.8 Å². The molecule has 0 radical (unpaired) electrons. The molecule has 208 valence electrons. The number of hydrogen-bond acceptors (Lipinski definition) is 8. The minimum atomic E-state index is -0.881. The summed E-state index contributed by atoms with van der Waals surface area (Å²) in [4.78, 5) is 33.1. The largest absolute Gasteiger partial charge is 0.391 e. The molecule has 1 aliphatic heterocycles. The average Bonchev–Trinajstić information content (AvgIpc) is 3.25. The number of hydrogen-bond donors (Lipinski definition) is 2. The highest BCUT2D eigenvalue weighted by Crippen LogP contribution is 2.40. The number of aliphatic hydroxyl groups is 1. The smallest absolute Gasteiger partial charge is 0.249 e. The van der Waals surface area contributed by atoms with Crippen molar-refractivity contribution in [3.8, 4) is 11.4 Å². The summed E-state index contributed by atoms with van der Waals surface area (Å²) in [6.07, 6.45) is 3.23. The predicted octanol–water partition coefficient (Wildman–Crippen LogP) is 3.08. The Morgan fingerprint density at radius 2 is 2.00 bits per heavy atom. The monoisotopic (exact) mass is 539 g/mol. The second-order valence-electron chi connectivity index (χ2n) is 11.7. The van der Waals surface area contributed by atoms with Crippen LogP contribution in [0.25, 0.3) is 11.4 Å². The van der Waals surface area contributed by atoms with Crippen molar-refractivity contribution in [1.29, 1.82) is 0 Å². The number of halogens is 1. The van der Waals surface area contributed by atoms with E-state index >= 15 is 0 Å². The lowest BCUT2D eigenvalue weighted by atomic mass is 9.85. The molecular formula is C27H34FN7O4. The predicted molar refractivity (Wildman–Crippen MR) is 138 cm³/mol. The van der Waals surface area contributed by atoms with Crippen molar-refractivity contribution >= 4 is 11.8 Å². The quantitative estimate of drug-likeness (QED) is 0.467. The molecule has 3 heterocycles. The van der Waals surface area contributed by atoms with E-state index in [0.29, 0.717) is 17.0 Å². The number of benzene rings is 1. The zero-order valence-electron chi connectivity index (χ0n) is 22.8. The number of rotatable bonds is 7. The van der Waals surface area contributed by atoms with Gasteiger partial charge < -0.3 is 19.8 Å². The van der Waals surface area contributed by atoms with Gasteiger partial charge in [-0.1, -0.05) is 31.1 Å². The van der Waals surface area contributed by atoms with E-state index in [9.17, 15) is 19.1 Å². The molecule has 1 aliphatic carbocycles.